The lowest BCUT2D eigenvalue weighted by Crippen LogP contribution is -2.14. The number of hydrogen-bond donors (Lipinski definition) is 3. The van der Waals surface area contributed by atoms with Gasteiger partial charge in [-0.25, -0.2) is 18.5 Å². The van der Waals surface area contributed by atoms with Crippen LogP contribution in [-0.2, 0) is 22.9 Å². The van der Waals surface area contributed by atoms with Gasteiger partial charge in [0, 0.05) is 23.1 Å². The van der Waals surface area contributed by atoms with Gasteiger partial charge in [-0.1, -0.05) is 0 Å². The number of aromatic nitrogens is 2. The van der Waals surface area contributed by atoms with Crippen LogP contribution in [0.15, 0.2) is 47.5 Å². The molecule has 0 saturated carbocycles. The van der Waals surface area contributed by atoms with Crippen LogP contribution < -0.4 is 15.8 Å². The Morgan fingerprint density at radius 1 is 1.07 bits per heavy atom. The highest BCUT2D eigenvalue weighted by Gasteiger charge is 2.21. The van der Waals surface area contributed by atoms with Crippen molar-refractivity contribution in [3.63, 3.8) is 0 Å². The van der Waals surface area contributed by atoms with Gasteiger partial charge in [0.2, 0.25) is 16.0 Å². The largest absolute Gasteiger partial charge is 0.340 e. The molecule has 4 rings (SSSR count). The maximum Gasteiger partial charge on any atom is 0.238 e. The fourth-order valence-electron chi connectivity index (χ4n) is 3.17. The highest BCUT2D eigenvalue weighted by atomic mass is 32.2. The average molecular weight is 406 g/mol. The standard InChI is InChI=1S/C20H18N6O2S/c1-12-11-23-20(24-14-3-5-15(6-4-14)29(22,27)28)26-19(12)25-18-9-2-13(10-21)16-7-8-17(16)18/h2-6,9,11H,7-8H2,1H3,(H2,22,27,28)(H2,23,24,25,26). The zero-order valence-electron chi connectivity index (χ0n) is 15.6. The number of sulfonamides is 1. The molecule has 0 unspecified atom stereocenters. The molecule has 3 aromatic rings. The summed E-state index contributed by atoms with van der Waals surface area (Å²) < 4.78 is 22.7. The van der Waals surface area contributed by atoms with E-state index in [4.69, 9.17) is 5.14 Å². The second kappa shape index (κ2) is 7.16. The SMILES string of the molecule is Cc1cnc(Nc2ccc(S(N)(=O)=O)cc2)nc1Nc1ccc(C#N)c2c1CC2. The lowest BCUT2D eigenvalue weighted by Gasteiger charge is -2.24. The number of aryl methyl sites for hydroxylation is 1. The first-order valence-corrected chi connectivity index (χ1v) is 10.4. The fraction of sp³-hybridized carbons (Fsp3) is 0.150. The van der Waals surface area contributed by atoms with Crippen LogP contribution in [0.3, 0.4) is 0 Å². The molecule has 29 heavy (non-hydrogen) atoms. The quantitative estimate of drug-likeness (QED) is 0.593. The minimum absolute atomic E-state index is 0.0360. The number of nitrogens with zero attached hydrogens (tertiary/aromatic N) is 3. The van der Waals surface area contributed by atoms with Crippen LogP contribution in [0.4, 0.5) is 23.1 Å². The maximum absolute atomic E-state index is 11.4. The third-order valence-electron chi connectivity index (χ3n) is 4.84. The molecule has 0 atom stereocenters. The molecular weight excluding hydrogens is 388 g/mol. The van der Waals surface area contributed by atoms with Gasteiger partial charge in [-0.3, -0.25) is 0 Å². The normalized spacial score (nSPS) is 12.4. The molecule has 0 fully saturated rings. The monoisotopic (exact) mass is 406 g/mol. The third-order valence-corrected chi connectivity index (χ3v) is 5.77. The van der Waals surface area contributed by atoms with Crippen LogP contribution in [0.25, 0.3) is 0 Å². The maximum atomic E-state index is 11.4. The smallest absolute Gasteiger partial charge is 0.238 e. The molecule has 0 amide bonds. The van der Waals surface area contributed by atoms with Crippen LogP contribution in [0, 0.1) is 18.3 Å². The number of benzene rings is 2. The van der Waals surface area contributed by atoms with E-state index in [0.29, 0.717) is 17.5 Å². The Labute approximate surface area is 168 Å². The van der Waals surface area contributed by atoms with Crippen molar-refractivity contribution in [2.75, 3.05) is 10.6 Å². The van der Waals surface area contributed by atoms with E-state index in [1.165, 1.54) is 12.1 Å². The topological polar surface area (TPSA) is 134 Å². The first-order valence-electron chi connectivity index (χ1n) is 8.90. The lowest BCUT2D eigenvalue weighted by atomic mass is 9.83. The lowest BCUT2D eigenvalue weighted by molar-refractivity contribution is 0.598. The van der Waals surface area contributed by atoms with Gasteiger partial charge < -0.3 is 10.6 Å². The van der Waals surface area contributed by atoms with E-state index in [1.54, 1.807) is 18.3 Å². The number of rotatable bonds is 5. The Kier molecular flexibility index (Phi) is 4.66. The van der Waals surface area contributed by atoms with Crippen molar-refractivity contribution in [2.45, 2.75) is 24.7 Å². The number of hydrogen-bond acceptors (Lipinski definition) is 7. The zero-order chi connectivity index (χ0) is 20.6. The highest BCUT2D eigenvalue weighted by molar-refractivity contribution is 7.89. The molecule has 146 valence electrons. The van der Waals surface area contributed by atoms with Gasteiger partial charge >= 0.3 is 0 Å². The minimum Gasteiger partial charge on any atom is -0.340 e. The zero-order valence-corrected chi connectivity index (χ0v) is 16.4. The summed E-state index contributed by atoms with van der Waals surface area (Å²) in [5.41, 5.74) is 5.41. The molecule has 2 aromatic carbocycles. The Bertz CT molecular complexity index is 1250. The van der Waals surface area contributed by atoms with E-state index < -0.39 is 10.0 Å². The van der Waals surface area contributed by atoms with Crippen molar-refractivity contribution in [2.24, 2.45) is 5.14 Å². The Balaban J connectivity index is 1.57. The van der Waals surface area contributed by atoms with Gasteiger partial charge in [0.15, 0.2) is 0 Å². The van der Waals surface area contributed by atoms with Crippen molar-refractivity contribution in [1.29, 1.82) is 5.26 Å². The summed E-state index contributed by atoms with van der Waals surface area (Å²) in [4.78, 5) is 8.85. The molecule has 4 N–H and O–H groups in total. The molecule has 0 aliphatic heterocycles. The number of fused-ring (bicyclic) bond motifs is 1. The van der Waals surface area contributed by atoms with Gasteiger partial charge in [0.1, 0.15) is 5.82 Å². The van der Waals surface area contributed by atoms with Crippen molar-refractivity contribution < 1.29 is 8.42 Å². The highest BCUT2D eigenvalue weighted by Crippen LogP contribution is 2.34. The van der Waals surface area contributed by atoms with E-state index in [-0.39, 0.29) is 4.90 Å². The summed E-state index contributed by atoms with van der Waals surface area (Å²) in [5, 5.41) is 20.7. The Morgan fingerprint density at radius 2 is 1.79 bits per heavy atom. The predicted molar refractivity (Wildman–Crippen MR) is 110 cm³/mol. The second-order valence-corrected chi connectivity index (χ2v) is 8.34. The number of primary sulfonamides is 1. The van der Waals surface area contributed by atoms with Crippen LogP contribution in [0.1, 0.15) is 22.3 Å². The number of nitrogens with two attached hydrogens (primary N) is 1. The van der Waals surface area contributed by atoms with Gasteiger partial charge in [-0.15, -0.1) is 0 Å². The second-order valence-electron chi connectivity index (χ2n) is 6.77. The molecule has 1 aliphatic rings. The summed E-state index contributed by atoms with van der Waals surface area (Å²) in [6, 6.07) is 12.0. The molecule has 0 saturated heterocycles. The third kappa shape index (κ3) is 3.76. The van der Waals surface area contributed by atoms with Gasteiger partial charge in [0.05, 0.1) is 16.5 Å². The van der Waals surface area contributed by atoms with E-state index in [0.717, 1.165) is 40.8 Å². The predicted octanol–water partition coefficient (Wildman–Crippen LogP) is 2.89. The number of anilines is 4. The molecule has 0 bridgehead atoms. The molecular formula is C20H18N6O2S. The van der Waals surface area contributed by atoms with Gasteiger partial charge in [0.25, 0.3) is 0 Å². The van der Waals surface area contributed by atoms with E-state index in [9.17, 15) is 13.7 Å². The summed E-state index contributed by atoms with van der Waals surface area (Å²) in [5.74, 6) is 1.02. The van der Waals surface area contributed by atoms with Gasteiger partial charge in [-0.2, -0.15) is 10.2 Å². The van der Waals surface area contributed by atoms with Crippen LogP contribution in [0.5, 0.6) is 0 Å². The molecule has 8 nitrogen and oxygen atoms in total. The van der Waals surface area contributed by atoms with E-state index >= 15 is 0 Å². The molecule has 0 spiro atoms. The number of nitrogens with one attached hydrogen (secondary N) is 2. The van der Waals surface area contributed by atoms with E-state index in [2.05, 4.69) is 26.7 Å². The summed E-state index contributed by atoms with van der Waals surface area (Å²) in [6.45, 7) is 1.91. The first kappa shape index (κ1) is 18.9. The number of nitriles is 1. The van der Waals surface area contributed by atoms with Crippen LogP contribution in [0.2, 0.25) is 0 Å². The van der Waals surface area contributed by atoms with Crippen molar-refractivity contribution in [3.05, 3.63) is 64.8 Å². The summed E-state index contributed by atoms with van der Waals surface area (Å²) >= 11 is 0. The van der Waals surface area contributed by atoms with E-state index in [1.807, 2.05) is 19.1 Å². The average Bonchev–Trinajstić information content (AvgIpc) is 2.65. The molecule has 1 aromatic heterocycles. The summed E-state index contributed by atoms with van der Waals surface area (Å²) in [6.07, 6.45) is 3.54. The molecule has 1 heterocycles. The Morgan fingerprint density at radius 3 is 2.41 bits per heavy atom. The molecule has 9 heteroatoms. The summed E-state index contributed by atoms with van der Waals surface area (Å²) in [7, 11) is -3.74. The van der Waals surface area contributed by atoms with Crippen LogP contribution in [-0.4, -0.2) is 18.4 Å². The minimum atomic E-state index is -3.74. The first-order chi connectivity index (χ1) is 13.8. The molecule has 1 aliphatic carbocycles. The Hall–Kier alpha value is -3.48. The van der Waals surface area contributed by atoms with Crippen LogP contribution >= 0.6 is 0 Å². The fourth-order valence-corrected chi connectivity index (χ4v) is 3.69. The van der Waals surface area contributed by atoms with Gasteiger partial charge in [-0.05, 0) is 67.3 Å². The van der Waals surface area contributed by atoms with Crippen molar-refractivity contribution in [1.82, 2.24) is 9.97 Å². The van der Waals surface area contributed by atoms with Crippen molar-refractivity contribution in [3.8, 4) is 6.07 Å². The van der Waals surface area contributed by atoms with Crippen molar-refractivity contribution >= 4 is 33.2 Å². The molecule has 0 radical (unpaired) electrons.